The number of hydrogen-bond donors (Lipinski definition) is 1. The smallest absolute Gasteiger partial charge is 0.264 e. The number of sulfonamides is 1. The molecule has 2 amide bonds. The summed E-state index contributed by atoms with van der Waals surface area (Å²) in [5.41, 5.74) is 1.11. The molecule has 0 heterocycles. The minimum atomic E-state index is -4.07. The molecular formula is C27H30IN3O5S. The summed E-state index contributed by atoms with van der Waals surface area (Å²) < 4.78 is 34.7. The molecule has 0 spiro atoms. The van der Waals surface area contributed by atoms with E-state index in [-0.39, 0.29) is 17.3 Å². The summed E-state index contributed by atoms with van der Waals surface area (Å²) in [7, 11) is -1.01. The molecule has 8 nitrogen and oxygen atoms in total. The van der Waals surface area contributed by atoms with Crippen molar-refractivity contribution in [2.24, 2.45) is 0 Å². The molecule has 0 aliphatic heterocycles. The van der Waals surface area contributed by atoms with Crippen LogP contribution in [0.25, 0.3) is 0 Å². The van der Waals surface area contributed by atoms with Crippen LogP contribution in [0.3, 0.4) is 0 Å². The summed E-state index contributed by atoms with van der Waals surface area (Å²) in [6.07, 6.45) is 0.352. The maximum atomic E-state index is 13.9. The van der Waals surface area contributed by atoms with E-state index < -0.39 is 28.5 Å². The fourth-order valence-electron chi connectivity index (χ4n) is 3.91. The van der Waals surface area contributed by atoms with Crippen molar-refractivity contribution in [3.8, 4) is 5.75 Å². The average Bonchev–Trinajstić information content (AvgIpc) is 2.92. The largest absolute Gasteiger partial charge is 0.497 e. The van der Waals surface area contributed by atoms with E-state index in [4.69, 9.17) is 4.74 Å². The van der Waals surface area contributed by atoms with Gasteiger partial charge in [-0.3, -0.25) is 13.9 Å². The molecule has 37 heavy (non-hydrogen) atoms. The van der Waals surface area contributed by atoms with Crippen LogP contribution in [0.1, 0.15) is 18.9 Å². The van der Waals surface area contributed by atoms with Crippen LogP contribution in [0.2, 0.25) is 0 Å². The van der Waals surface area contributed by atoms with Gasteiger partial charge in [0.15, 0.2) is 0 Å². The molecule has 196 valence electrons. The Morgan fingerprint density at radius 3 is 2.27 bits per heavy atom. The number of carbonyl (C=O) groups is 2. The molecule has 0 bridgehead atoms. The Morgan fingerprint density at radius 1 is 1.00 bits per heavy atom. The van der Waals surface area contributed by atoms with Crippen LogP contribution in [0.15, 0.2) is 83.8 Å². The fourth-order valence-corrected chi connectivity index (χ4v) is 5.70. The third kappa shape index (κ3) is 7.01. The minimum absolute atomic E-state index is 0.0686. The van der Waals surface area contributed by atoms with Gasteiger partial charge in [0.1, 0.15) is 18.3 Å². The van der Waals surface area contributed by atoms with Gasteiger partial charge in [-0.15, -0.1) is 0 Å². The van der Waals surface area contributed by atoms with Crippen LogP contribution >= 0.6 is 22.6 Å². The number of carbonyl (C=O) groups excluding carboxylic acids is 2. The second kappa shape index (κ2) is 12.9. The SMILES string of the molecule is CC[C@H](C(=O)NC)N(Cc1cccc(OC)c1)C(=O)CN(c1ccc(I)cc1)S(=O)(=O)c1ccccc1. The Kier molecular flexibility index (Phi) is 9.93. The first kappa shape index (κ1) is 28.5. The Morgan fingerprint density at radius 2 is 1.68 bits per heavy atom. The molecule has 0 radical (unpaired) electrons. The zero-order chi connectivity index (χ0) is 27.0. The second-order valence-corrected chi connectivity index (χ2v) is 11.3. The average molecular weight is 636 g/mol. The fraction of sp³-hybridized carbons (Fsp3) is 0.259. The first-order valence-corrected chi connectivity index (χ1v) is 14.2. The monoisotopic (exact) mass is 635 g/mol. The first-order valence-electron chi connectivity index (χ1n) is 11.7. The first-order chi connectivity index (χ1) is 17.7. The number of halogens is 1. The minimum Gasteiger partial charge on any atom is -0.497 e. The van der Waals surface area contributed by atoms with Gasteiger partial charge in [-0.2, -0.15) is 0 Å². The van der Waals surface area contributed by atoms with Crippen LogP contribution < -0.4 is 14.4 Å². The number of nitrogens with zero attached hydrogens (tertiary/aromatic N) is 2. The molecule has 0 saturated heterocycles. The van der Waals surface area contributed by atoms with Gasteiger partial charge < -0.3 is 15.0 Å². The van der Waals surface area contributed by atoms with E-state index in [1.54, 1.807) is 67.8 Å². The summed E-state index contributed by atoms with van der Waals surface area (Å²) in [4.78, 5) is 28.1. The lowest BCUT2D eigenvalue weighted by Gasteiger charge is -2.33. The zero-order valence-corrected chi connectivity index (χ0v) is 23.9. The highest BCUT2D eigenvalue weighted by atomic mass is 127. The maximum Gasteiger partial charge on any atom is 0.264 e. The van der Waals surface area contributed by atoms with Crippen molar-refractivity contribution in [2.75, 3.05) is 25.0 Å². The molecule has 0 saturated carbocycles. The van der Waals surface area contributed by atoms with Gasteiger partial charge in [-0.05, 0) is 83.1 Å². The number of rotatable bonds is 11. The van der Waals surface area contributed by atoms with Crippen LogP contribution in [-0.2, 0) is 26.2 Å². The van der Waals surface area contributed by atoms with Gasteiger partial charge in [-0.1, -0.05) is 37.3 Å². The van der Waals surface area contributed by atoms with E-state index in [1.807, 2.05) is 13.0 Å². The van der Waals surface area contributed by atoms with Crippen molar-refractivity contribution in [1.29, 1.82) is 0 Å². The Labute approximate surface area is 231 Å². The zero-order valence-electron chi connectivity index (χ0n) is 20.9. The highest BCUT2D eigenvalue weighted by molar-refractivity contribution is 14.1. The lowest BCUT2D eigenvalue weighted by molar-refractivity contribution is -0.140. The molecule has 3 aromatic rings. The molecule has 0 fully saturated rings. The third-order valence-corrected chi connectivity index (χ3v) is 8.35. The molecule has 0 aromatic heterocycles. The van der Waals surface area contributed by atoms with E-state index in [1.165, 1.54) is 24.1 Å². The number of amides is 2. The van der Waals surface area contributed by atoms with Crippen molar-refractivity contribution in [3.05, 3.63) is 88.0 Å². The summed E-state index contributed by atoms with van der Waals surface area (Å²) in [5, 5.41) is 2.62. The predicted molar refractivity (Wildman–Crippen MR) is 152 cm³/mol. The van der Waals surface area contributed by atoms with Gasteiger partial charge >= 0.3 is 0 Å². The third-order valence-electron chi connectivity index (χ3n) is 5.84. The number of anilines is 1. The lowest BCUT2D eigenvalue weighted by Crippen LogP contribution is -2.51. The number of ether oxygens (including phenoxy) is 1. The number of nitrogens with one attached hydrogen (secondary N) is 1. The number of methoxy groups -OCH3 is 1. The number of likely N-dealkylation sites (N-methyl/N-ethyl adjacent to an activating group) is 1. The highest BCUT2D eigenvalue weighted by Gasteiger charge is 2.33. The molecule has 3 rings (SSSR count). The Bertz CT molecular complexity index is 1320. The van der Waals surface area contributed by atoms with Crippen LogP contribution in [0, 0.1) is 3.57 Å². The molecule has 1 atom stereocenters. The molecule has 10 heteroatoms. The van der Waals surface area contributed by atoms with Crippen molar-refractivity contribution >= 4 is 50.1 Å². The molecule has 1 N–H and O–H groups in total. The van der Waals surface area contributed by atoms with Crippen molar-refractivity contribution < 1.29 is 22.7 Å². The van der Waals surface area contributed by atoms with E-state index in [2.05, 4.69) is 27.9 Å². The van der Waals surface area contributed by atoms with Crippen LogP contribution in [0.5, 0.6) is 5.75 Å². The Hall–Kier alpha value is -3.12. The van der Waals surface area contributed by atoms with Crippen molar-refractivity contribution in [2.45, 2.75) is 30.8 Å². The van der Waals surface area contributed by atoms with Crippen molar-refractivity contribution in [1.82, 2.24) is 10.2 Å². The van der Waals surface area contributed by atoms with E-state index in [0.717, 1.165) is 13.4 Å². The van der Waals surface area contributed by atoms with Crippen LogP contribution in [-0.4, -0.2) is 51.9 Å². The number of hydrogen-bond acceptors (Lipinski definition) is 5. The number of benzene rings is 3. The van der Waals surface area contributed by atoms with Gasteiger partial charge in [-0.25, -0.2) is 8.42 Å². The van der Waals surface area contributed by atoms with Crippen molar-refractivity contribution in [3.63, 3.8) is 0 Å². The maximum absolute atomic E-state index is 13.9. The molecular weight excluding hydrogens is 605 g/mol. The molecule has 0 aliphatic carbocycles. The summed E-state index contributed by atoms with van der Waals surface area (Å²) in [5.74, 6) is -0.216. The molecule has 0 aliphatic rings. The lowest BCUT2D eigenvalue weighted by atomic mass is 10.1. The standard InChI is InChI=1S/C27H30IN3O5S/c1-4-25(27(33)29-2)30(18-20-9-8-10-23(17-20)36-3)26(32)19-31(22-15-13-21(28)14-16-22)37(34,35)24-11-6-5-7-12-24/h5-17,25H,4,18-19H2,1-3H3,(H,29,33)/t25-/m1/s1. The van der Waals surface area contributed by atoms with Gasteiger partial charge in [0, 0.05) is 17.2 Å². The van der Waals surface area contributed by atoms with Crippen LogP contribution in [0.4, 0.5) is 5.69 Å². The summed E-state index contributed by atoms with van der Waals surface area (Å²) in [6.45, 7) is 1.44. The predicted octanol–water partition coefficient (Wildman–Crippen LogP) is 4.05. The highest BCUT2D eigenvalue weighted by Crippen LogP contribution is 2.26. The summed E-state index contributed by atoms with van der Waals surface area (Å²) in [6, 6.07) is 21.3. The molecule has 0 unspecified atom stereocenters. The van der Waals surface area contributed by atoms with Gasteiger partial charge in [0.25, 0.3) is 10.0 Å². The second-order valence-electron chi connectivity index (χ2n) is 8.21. The Balaban J connectivity index is 2.04. The topological polar surface area (TPSA) is 96.0 Å². The molecule has 3 aromatic carbocycles. The van der Waals surface area contributed by atoms with Gasteiger partial charge in [0.2, 0.25) is 11.8 Å². The summed E-state index contributed by atoms with van der Waals surface area (Å²) >= 11 is 2.13. The van der Waals surface area contributed by atoms with E-state index in [9.17, 15) is 18.0 Å². The van der Waals surface area contributed by atoms with E-state index in [0.29, 0.717) is 17.9 Å². The van der Waals surface area contributed by atoms with Gasteiger partial charge in [0.05, 0.1) is 17.7 Å². The quantitative estimate of drug-likeness (QED) is 0.321. The van der Waals surface area contributed by atoms with E-state index >= 15 is 0 Å². The normalized spacial score (nSPS) is 11.9.